The molecule has 0 aromatic carbocycles. The number of hydrogen-bond acceptors (Lipinski definition) is 6. The number of rotatable bonds is 7. The lowest BCUT2D eigenvalue weighted by Gasteiger charge is -2.05. The van der Waals surface area contributed by atoms with E-state index in [1.54, 1.807) is 7.11 Å². The number of nitrogens with zero attached hydrogens (tertiary/aromatic N) is 2. The van der Waals surface area contributed by atoms with Gasteiger partial charge in [0.2, 0.25) is 5.89 Å². The Labute approximate surface area is 107 Å². The van der Waals surface area contributed by atoms with Gasteiger partial charge in [0.15, 0.2) is 5.82 Å². The Morgan fingerprint density at radius 1 is 1.56 bits per heavy atom. The zero-order valence-electron chi connectivity index (χ0n) is 10.8. The summed E-state index contributed by atoms with van der Waals surface area (Å²) in [7, 11) is 1.68. The van der Waals surface area contributed by atoms with E-state index < -0.39 is 0 Å². The molecule has 0 amide bonds. The van der Waals surface area contributed by atoms with Crippen molar-refractivity contribution in [3.63, 3.8) is 0 Å². The van der Waals surface area contributed by atoms with Crippen LogP contribution in [0.5, 0.6) is 0 Å². The highest BCUT2D eigenvalue weighted by atomic mass is 16.5. The van der Waals surface area contributed by atoms with Gasteiger partial charge in [-0.1, -0.05) is 5.16 Å². The van der Waals surface area contributed by atoms with Crippen LogP contribution in [0.2, 0.25) is 0 Å². The number of ether oxygens (including phenoxy) is 2. The lowest BCUT2D eigenvalue weighted by atomic mass is 10.1. The van der Waals surface area contributed by atoms with Crippen LogP contribution in [0.4, 0.5) is 0 Å². The van der Waals surface area contributed by atoms with Gasteiger partial charge in [-0.2, -0.15) is 4.98 Å². The molecule has 1 aliphatic heterocycles. The van der Waals surface area contributed by atoms with Crippen LogP contribution in [0.15, 0.2) is 4.52 Å². The smallest absolute Gasteiger partial charge is 0.243 e. The van der Waals surface area contributed by atoms with E-state index in [1.165, 1.54) is 0 Å². The summed E-state index contributed by atoms with van der Waals surface area (Å²) in [5.41, 5.74) is 5.98. The molecule has 1 aliphatic rings. The molecule has 2 heterocycles. The van der Waals surface area contributed by atoms with Crippen molar-refractivity contribution in [3.8, 4) is 0 Å². The van der Waals surface area contributed by atoms with E-state index in [4.69, 9.17) is 19.7 Å². The SMILES string of the molecule is COCCCC(N)c1nc(CC2CCOC2)no1. The van der Waals surface area contributed by atoms with Gasteiger partial charge in [0.05, 0.1) is 6.04 Å². The first-order valence-electron chi connectivity index (χ1n) is 6.44. The van der Waals surface area contributed by atoms with Crippen LogP contribution < -0.4 is 5.73 Å². The normalized spacial score (nSPS) is 21.3. The lowest BCUT2D eigenvalue weighted by Crippen LogP contribution is -2.12. The molecule has 0 saturated carbocycles. The summed E-state index contributed by atoms with van der Waals surface area (Å²) < 4.78 is 15.5. The minimum Gasteiger partial charge on any atom is -0.385 e. The molecule has 0 spiro atoms. The Morgan fingerprint density at radius 3 is 3.17 bits per heavy atom. The van der Waals surface area contributed by atoms with Crippen molar-refractivity contribution < 1.29 is 14.0 Å². The Balaban J connectivity index is 1.80. The van der Waals surface area contributed by atoms with E-state index in [9.17, 15) is 0 Å². The lowest BCUT2D eigenvalue weighted by molar-refractivity contribution is 0.185. The van der Waals surface area contributed by atoms with E-state index in [2.05, 4.69) is 10.1 Å². The molecule has 0 radical (unpaired) electrons. The Morgan fingerprint density at radius 2 is 2.44 bits per heavy atom. The molecule has 1 aromatic heterocycles. The second-order valence-electron chi connectivity index (χ2n) is 4.72. The summed E-state index contributed by atoms with van der Waals surface area (Å²) in [6.07, 6.45) is 3.58. The van der Waals surface area contributed by atoms with Crippen LogP contribution in [-0.2, 0) is 15.9 Å². The van der Waals surface area contributed by atoms with Crippen LogP contribution in [0, 0.1) is 5.92 Å². The molecular weight excluding hydrogens is 234 g/mol. The molecule has 1 saturated heterocycles. The standard InChI is InChI=1S/C12H21N3O3/c1-16-5-2-3-10(13)12-14-11(15-18-12)7-9-4-6-17-8-9/h9-10H,2-8,13H2,1H3. The predicted octanol–water partition coefficient (Wildman–Crippen LogP) is 1.07. The van der Waals surface area contributed by atoms with Gasteiger partial charge >= 0.3 is 0 Å². The first-order chi connectivity index (χ1) is 8.79. The van der Waals surface area contributed by atoms with Gasteiger partial charge in [-0.15, -0.1) is 0 Å². The Kier molecular flexibility index (Phi) is 5.10. The highest BCUT2D eigenvalue weighted by Crippen LogP contribution is 2.19. The van der Waals surface area contributed by atoms with Crippen molar-refractivity contribution in [2.24, 2.45) is 11.7 Å². The van der Waals surface area contributed by atoms with E-state index in [-0.39, 0.29) is 6.04 Å². The van der Waals surface area contributed by atoms with Gasteiger partial charge in [-0.25, -0.2) is 0 Å². The van der Waals surface area contributed by atoms with Crippen molar-refractivity contribution in [2.75, 3.05) is 26.9 Å². The van der Waals surface area contributed by atoms with Gasteiger partial charge in [0.25, 0.3) is 0 Å². The van der Waals surface area contributed by atoms with Crippen molar-refractivity contribution in [3.05, 3.63) is 11.7 Å². The number of aromatic nitrogens is 2. The van der Waals surface area contributed by atoms with Gasteiger partial charge in [0, 0.05) is 33.4 Å². The average Bonchev–Trinajstić information content (AvgIpc) is 3.01. The monoisotopic (exact) mass is 255 g/mol. The Bertz CT molecular complexity index is 350. The highest BCUT2D eigenvalue weighted by molar-refractivity contribution is 4.93. The largest absolute Gasteiger partial charge is 0.385 e. The zero-order valence-corrected chi connectivity index (χ0v) is 10.8. The van der Waals surface area contributed by atoms with Crippen molar-refractivity contribution in [2.45, 2.75) is 31.7 Å². The fraction of sp³-hybridized carbons (Fsp3) is 0.833. The van der Waals surface area contributed by atoms with Crippen LogP contribution >= 0.6 is 0 Å². The average molecular weight is 255 g/mol. The minimum absolute atomic E-state index is 0.193. The topological polar surface area (TPSA) is 83.4 Å². The molecule has 2 rings (SSSR count). The third-order valence-corrected chi connectivity index (χ3v) is 3.16. The second kappa shape index (κ2) is 6.82. The van der Waals surface area contributed by atoms with E-state index in [0.717, 1.165) is 44.7 Å². The van der Waals surface area contributed by atoms with Gasteiger partial charge in [-0.05, 0) is 25.2 Å². The molecule has 18 heavy (non-hydrogen) atoms. The fourth-order valence-electron chi connectivity index (χ4n) is 2.07. The van der Waals surface area contributed by atoms with Gasteiger partial charge < -0.3 is 19.7 Å². The van der Waals surface area contributed by atoms with Gasteiger partial charge in [-0.3, -0.25) is 0 Å². The predicted molar refractivity (Wildman–Crippen MR) is 65.0 cm³/mol. The third-order valence-electron chi connectivity index (χ3n) is 3.16. The van der Waals surface area contributed by atoms with Gasteiger partial charge in [0.1, 0.15) is 0 Å². The molecular formula is C12H21N3O3. The van der Waals surface area contributed by atoms with Crippen LogP contribution in [-0.4, -0.2) is 37.1 Å². The summed E-state index contributed by atoms with van der Waals surface area (Å²) >= 11 is 0. The number of hydrogen-bond donors (Lipinski definition) is 1. The summed E-state index contributed by atoms with van der Waals surface area (Å²) in [5, 5.41) is 3.98. The second-order valence-corrected chi connectivity index (χ2v) is 4.72. The highest BCUT2D eigenvalue weighted by Gasteiger charge is 2.20. The molecule has 0 aliphatic carbocycles. The van der Waals surface area contributed by atoms with Crippen molar-refractivity contribution >= 4 is 0 Å². The minimum atomic E-state index is -0.193. The number of nitrogens with two attached hydrogens (primary N) is 1. The molecule has 1 fully saturated rings. The van der Waals surface area contributed by atoms with Crippen molar-refractivity contribution in [1.29, 1.82) is 0 Å². The molecule has 0 bridgehead atoms. The van der Waals surface area contributed by atoms with E-state index in [0.29, 0.717) is 18.4 Å². The van der Waals surface area contributed by atoms with Crippen LogP contribution in [0.1, 0.15) is 37.0 Å². The Hall–Kier alpha value is -0.980. The first-order valence-corrected chi connectivity index (χ1v) is 6.44. The van der Waals surface area contributed by atoms with E-state index >= 15 is 0 Å². The molecule has 2 N–H and O–H groups in total. The molecule has 2 atom stereocenters. The third kappa shape index (κ3) is 3.76. The quantitative estimate of drug-likeness (QED) is 0.734. The molecule has 6 heteroatoms. The molecule has 2 unspecified atom stereocenters. The summed E-state index contributed by atoms with van der Waals surface area (Å²) in [5.74, 6) is 1.78. The molecule has 6 nitrogen and oxygen atoms in total. The van der Waals surface area contributed by atoms with Crippen LogP contribution in [0.3, 0.4) is 0 Å². The summed E-state index contributed by atoms with van der Waals surface area (Å²) in [4.78, 5) is 4.35. The fourth-order valence-corrected chi connectivity index (χ4v) is 2.07. The summed E-state index contributed by atoms with van der Waals surface area (Å²) in [6.45, 7) is 2.34. The maximum Gasteiger partial charge on any atom is 0.243 e. The number of methoxy groups -OCH3 is 1. The first kappa shape index (κ1) is 13.5. The van der Waals surface area contributed by atoms with Crippen LogP contribution in [0.25, 0.3) is 0 Å². The van der Waals surface area contributed by atoms with E-state index in [1.807, 2.05) is 0 Å². The molecule has 1 aromatic rings. The van der Waals surface area contributed by atoms with Crippen molar-refractivity contribution in [1.82, 2.24) is 10.1 Å². The maximum absolute atomic E-state index is 5.98. The molecule has 102 valence electrons. The summed E-state index contributed by atoms with van der Waals surface area (Å²) in [6, 6.07) is -0.193. The zero-order chi connectivity index (χ0) is 12.8. The maximum atomic E-state index is 5.98.